The fourth-order valence-electron chi connectivity index (χ4n) is 3.02. The summed E-state index contributed by atoms with van der Waals surface area (Å²) in [6.07, 6.45) is 1.65. The maximum Gasteiger partial charge on any atom is 0.306 e. The van der Waals surface area contributed by atoms with Crippen LogP contribution in [-0.4, -0.2) is 41.6 Å². The first-order valence-electron chi connectivity index (χ1n) is 8.18. The standard InChI is InChI=1S/C18H25NO4/c1-13-6-3-4-7-16(13)23-11-5-8-17(20)19-10-9-15(18(21)22)14(2)12-19/h3-4,6-7,14-15H,5,8-12H2,1-2H3,(H,21,22). The number of para-hydroxylation sites is 1. The minimum absolute atomic E-state index is 0.00779. The van der Waals surface area contributed by atoms with E-state index >= 15 is 0 Å². The third kappa shape index (κ3) is 4.71. The number of nitrogens with zero attached hydrogens (tertiary/aromatic N) is 1. The molecule has 5 heteroatoms. The Bertz CT molecular complexity index is 558. The maximum atomic E-state index is 12.2. The molecule has 126 valence electrons. The van der Waals surface area contributed by atoms with Crippen LogP contribution in [0.4, 0.5) is 0 Å². The predicted octanol–water partition coefficient (Wildman–Crippen LogP) is 2.72. The molecule has 0 aromatic heterocycles. The van der Waals surface area contributed by atoms with Crippen LogP contribution < -0.4 is 4.74 Å². The molecule has 1 saturated heterocycles. The minimum atomic E-state index is -0.753. The quantitative estimate of drug-likeness (QED) is 0.819. The van der Waals surface area contributed by atoms with Gasteiger partial charge in [-0.05, 0) is 37.3 Å². The molecule has 1 aromatic rings. The van der Waals surface area contributed by atoms with E-state index in [0.717, 1.165) is 11.3 Å². The summed E-state index contributed by atoms with van der Waals surface area (Å²) in [6.45, 7) is 5.49. The second-order valence-corrected chi connectivity index (χ2v) is 6.27. The first kappa shape index (κ1) is 17.3. The second-order valence-electron chi connectivity index (χ2n) is 6.27. The number of aliphatic carboxylic acids is 1. The van der Waals surface area contributed by atoms with Crippen LogP contribution in [0.2, 0.25) is 0 Å². The molecule has 0 spiro atoms. The number of carboxylic acid groups (broad SMARTS) is 1. The number of hydrogen-bond acceptors (Lipinski definition) is 3. The van der Waals surface area contributed by atoms with Crippen LogP contribution in [-0.2, 0) is 9.59 Å². The number of likely N-dealkylation sites (tertiary alicyclic amines) is 1. The lowest BCUT2D eigenvalue weighted by Gasteiger charge is -2.35. The molecule has 23 heavy (non-hydrogen) atoms. The molecule has 1 aliphatic rings. The first-order chi connectivity index (χ1) is 11.0. The van der Waals surface area contributed by atoms with Gasteiger partial charge in [0.05, 0.1) is 12.5 Å². The topological polar surface area (TPSA) is 66.8 Å². The van der Waals surface area contributed by atoms with Crippen molar-refractivity contribution in [3.05, 3.63) is 29.8 Å². The predicted molar refractivity (Wildman–Crippen MR) is 87.4 cm³/mol. The molecule has 5 nitrogen and oxygen atoms in total. The number of rotatable bonds is 6. The van der Waals surface area contributed by atoms with Gasteiger partial charge >= 0.3 is 5.97 Å². The smallest absolute Gasteiger partial charge is 0.306 e. The average Bonchev–Trinajstić information content (AvgIpc) is 2.52. The Balaban J connectivity index is 1.71. The molecular weight excluding hydrogens is 294 g/mol. The van der Waals surface area contributed by atoms with E-state index in [0.29, 0.717) is 39.0 Å². The van der Waals surface area contributed by atoms with Crippen LogP contribution in [0.25, 0.3) is 0 Å². The molecule has 1 aromatic carbocycles. The molecular formula is C18H25NO4. The third-order valence-electron chi connectivity index (χ3n) is 4.46. The number of ether oxygens (including phenoxy) is 1. The molecule has 0 radical (unpaired) electrons. The number of carbonyl (C=O) groups excluding carboxylic acids is 1. The number of aryl methyl sites for hydroxylation is 1. The van der Waals surface area contributed by atoms with Gasteiger partial charge in [0.1, 0.15) is 5.75 Å². The summed E-state index contributed by atoms with van der Waals surface area (Å²) < 4.78 is 5.70. The van der Waals surface area contributed by atoms with Crippen molar-refractivity contribution in [1.82, 2.24) is 4.90 Å². The van der Waals surface area contributed by atoms with E-state index in [1.165, 1.54) is 0 Å². The number of benzene rings is 1. The van der Waals surface area contributed by atoms with Gasteiger partial charge in [-0.1, -0.05) is 25.1 Å². The van der Waals surface area contributed by atoms with Crippen LogP contribution in [0.15, 0.2) is 24.3 Å². The third-order valence-corrected chi connectivity index (χ3v) is 4.46. The largest absolute Gasteiger partial charge is 0.493 e. The Morgan fingerprint density at radius 2 is 2.09 bits per heavy atom. The van der Waals surface area contributed by atoms with E-state index in [4.69, 9.17) is 9.84 Å². The number of carboxylic acids is 1. The molecule has 1 fully saturated rings. The van der Waals surface area contributed by atoms with Gasteiger partial charge in [0.25, 0.3) is 0 Å². The lowest BCUT2D eigenvalue weighted by molar-refractivity contribution is -0.148. The van der Waals surface area contributed by atoms with Crippen molar-refractivity contribution in [2.24, 2.45) is 11.8 Å². The molecule has 2 unspecified atom stereocenters. The average molecular weight is 319 g/mol. The van der Waals surface area contributed by atoms with Crippen molar-refractivity contribution in [2.75, 3.05) is 19.7 Å². The Kier molecular flexibility index (Phi) is 6.02. The van der Waals surface area contributed by atoms with Crippen LogP contribution >= 0.6 is 0 Å². The van der Waals surface area contributed by atoms with Gasteiger partial charge in [0.15, 0.2) is 0 Å². The van der Waals surface area contributed by atoms with Gasteiger partial charge in [0.2, 0.25) is 5.91 Å². The van der Waals surface area contributed by atoms with Crippen LogP contribution in [0.1, 0.15) is 31.7 Å². The molecule has 0 saturated carbocycles. The lowest BCUT2D eigenvalue weighted by Crippen LogP contribution is -2.45. The molecule has 2 atom stereocenters. The van der Waals surface area contributed by atoms with Crippen LogP contribution in [0, 0.1) is 18.8 Å². The Labute approximate surface area is 137 Å². The minimum Gasteiger partial charge on any atom is -0.493 e. The second kappa shape index (κ2) is 7.99. The van der Waals surface area contributed by atoms with Gasteiger partial charge < -0.3 is 14.7 Å². The highest BCUT2D eigenvalue weighted by Crippen LogP contribution is 2.24. The summed E-state index contributed by atoms with van der Waals surface area (Å²) in [5.74, 6) is -0.127. The highest BCUT2D eigenvalue weighted by atomic mass is 16.5. The van der Waals surface area contributed by atoms with Crippen molar-refractivity contribution < 1.29 is 19.4 Å². The number of hydrogen-bond donors (Lipinski definition) is 1. The Morgan fingerprint density at radius 3 is 2.74 bits per heavy atom. The van der Waals surface area contributed by atoms with Gasteiger partial charge in [-0.15, -0.1) is 0 Å². The van der Waals surface area contributed by atoms with Gasteiger partial charge in [-0.25, -0.2) is 0 Å². The van der Waals surface area contributed by atoms with E-state index in [1.54, 1.807) is 4.90 Å². The van der Waals surface area contributed by atoms with Crippen LogP contribution in [0.5, 0.6) is 5.75 Å². The van der Waals surface area contributed by atoms with E-state index in [2.05, 4.69) is 0 Å². The summed E-state index contributed by atoms with van der Waals surface area (Å²) >= 11 is 0. The zero-order valence-corrected chi connectivity index (χ0v) is 13.8. The van der Waals surface area contributed by atoms with Gasteiger partial charge in [0, 0.05) is 19.5 Å². The molecule has 1 amide bonds. The molecule has 1 N–H and O–H groups in total. The van der Waals surface area contributed by atoms with E-state index in [9.17, 15) is 9.59 Å². The monoisotopic (exact) mass is 319 g/mol. The molecule has 2 rings (SSSR count). The van der Waals surface area contributed by atoms with Crippen LogP contribution in [0.3, 0.4) is 0 Å². The summed E-state index contributed by atoms with van der Waals surface area (Å²) in [6, 6.07) is 7.82. The van der Waals surface area contributed by atoms with Crippen molar-refractivity contribution in [3.8, 4) is 5.75 Å². The van der Waals surface area contributed by atoms with Gasteiger partial charge in [-0.3, -0.25) is 9.59 Å². The highest BCUT2D eigenvalue weighted by molar-refractivity contribution is 5.77. The fourth-order valence-corrected chi connectivity index (χ4v) is 3.02. The number of piperidine rings is 1. The Morgan fingerprint density at radius 1 is 1.35 bits per heavy atom. The van der Waals surface area contributed by atoms with E-state index in [1.807, 2.05) is 38.1 Å². The molecule has 1 aliphatic heterocycles. The van der Waals surface area contributed by atoms with Crippen molar-refractivity contribution in [3.63, 3.8) is 0 Å². The summed E-state index contributed by atoms with van der Waals surface area (Å²) in [7, 11) is 0. The Hall–Kier alpha value is -2.04. The van der Waals surface area contributed by atoms with E-state index < -0.39 is 5.97 Å². The normalized spacial score (nSPS) is 21.0. The fraction of sp³-hybridized carbons (Fsp3) is 0.556. The summed E-state index contributed by atoms with van der Waals surface area (Å²) in [5, 5.41) is 9.12. The number of amides is 1. The first-order valence-corrected chi connectivity index (χ1v) is 8.18. The number of carbonyl (C=O) groups is 2. The van der Waals surface area contributed by atoms with E-state index in [-0.39, 0.29) is 17.7 Å². The molecule has 0 bridgehead atoms. The van der Waals surface area contributed by atoms with Gasteiger partial charge in [-0.2, -0.15) is 0 Å². The van der Waals surface area contributed by atoms with Crippen molar-refractivity contribution >= 4 is 11.9 Å². The molecule has 1 heterocycles. The zero-order valence-electron chi connectivity index (χ0n) is 13.8. The van der Waals surface area contributed by atoms with Crippen molar-refractivity contribution in [2.45, 2.75) is 33.1 Å². The zero-order chi connectivity index (χ0) is 16.8. The highest BCUT2D eigenvalue weighted by Gasteiger charge is 2.32. The lowest BCUT2D eigenvalue weighted by atomic mass is 9.87. The summed E-state index contributed by atoms with van der Waals surface area (Å²) in [4.78, 5) is 25.1. The van der Waals surface area contributed by atoms with Crippen molar-refractivity contribution in [1.29, 1.82) is 0 Å². The summed E-state index contributed by atoms with van der Waals surface area (Å²) in [5.41, 5.74) is 1.09. The maximum absolute atomic E-state index is 12.2. The molecule has 0 aliphatic carbocycles. The SMILES string of the molecule is Cc1ccccc1OCCCC(=O)N1CCC(C(=O)O)C(C)C1.